The third-order valence-corrected chi connectivity index (χ3v) is 9.43. The van der Waals surface area contributed by atoms with E-state index in [0.29, 0.717) is 0 Å². The maximum atomic E-state index is 6.66. The number of nitrogens with zero attached hydrogens (tertiary/aromatic N) is 2. The van der Waals surface area contributed by atoms with Gasteiger partial charge in [0.2, 0.25) is 0 Å². The van der Waals surface area contributed by atoms with Gasteiger partial charge in [-0.2, -0.15) is 0 Å². The summed E-state index contributed by atoms with van der Waals surface area (Å²) in [6, 6.07) is 55.5. The Labute approximate surface area is 270 Å². The largest absolute Gasteiger partial charge is 0.455 e. The Morgan fingerprint density at radius 3 is 1.87 bits per heavy atom. The molecule has 0 radical (unpaired) electrons. The molecule has 3 nitrogen and oxygen atoms in total. The van der Waals surface area contributed by atoms with Crippen molar-refractivity contribution >= 4 is 65.3 Å². The quantitative estimate of drug-likeness (QED) is 0.190. The first kappa shape index (κ1) is 26.0. The molecule has 0 saturated carbocycles. The molecule has 0 spiro atoms. The van der Waals surface area contributed by atoms with E-state index in [9.17, 15) is 0 Å². The molecule has 0 aliphatic heterocycles. The lowest BCUT2D eigenvalue weighted by Crippen LogP contribution is -1.92. The fourth-order valence-electron chi connectivity index (χ4n) is 7.15. The molecular weight excluding hydrogens is 572 g/mol. The van der Waals surface area contributed by atoms with Crippen LogP contribution in [-0.2, 0) is 0 Å². The van der Waals surface area contributed by atoms with Crippen molar-refractivity contribution in [2.24, 2.45) is 0 Å². The summed E-state index contributed by atoms with van der Waals surface area (Å²) in [7, 11) is 0. The van der Waals surface area contributed by atoms with Crippen molar-refractivity contribution in [2.75, 3.05) is 0 Å². The Kier molecular flexibility index (Phi) is 5.57. The van der Waals surface area contributed by atoms with Crippen LogP contribution in [0.5, 0.6) is 0 Å². The Morgan fingerprint density at radius 2 is 1.04 bits per heavy atom. The summed E-state index contributed by atoms with van der Waals surface area (Å²) in [5.41, 5.74) is 9.92. The van der Waals surface area contributed by atoms with Crippen LogP contribution in [0.2, 0.25) is 0 Å². The van der Waals surface area contributed by atoms with Gasteiger partial charge in [0.15, 0.2) is 0 Å². The van der Waals surface area contributed by atoms with Crippen LogP contribution in [0.1, 0.15) is 0 Å². The molecular formula is C44H26N2O. The van der Waals surface area contributed by atoms with E-state index in [-0.39, 0.29) is 0 Å². The number of hydrogen-bond donors (Lipinski definition) is 0. The first-order chi connectivity index (χ1) is 23.3. The van der Waals surface area contributed by atoms with Crippen molar-refractivity contribution in [1.29, 1.82) is 0 Å². The summed E-state index contributed by atoms with van der Waals surface area (Å²) in [4.78, 5) is 10.5. The molecule has 0 unspecified atom stereocenters. The molecule has 10 aromatic rings. The van der Waals surface area contributed by atoms with Gasteiger partial charge in [0.25, 0.3) is 0 Å². The van der Waals surface area contributed by atoms with Crippen molar-refractivity contribution in [2.45, 2.75) is 0 Å². The highest BCUT2D eigenvalue weighted by molar-refractivity contribution is 6.22. The maximum absolute atomic E-state index is 6.66. The molecule has 0 saturated heterocycles. The van der Waals surface area contributed by atoms with Crippen LogP contribution < -0.4 is 0 Å². The first-order valence-electron chi connectivity index (χ1n) is 15.9. The number of aromatic nitrogens is 2. The predicted octanol–water partition coefficient (Wildman–Crippen LogP) is 12.0. The standard InChI is InChI=1S/C44H26N2O/c1-2-10-28(11-3-1)38-23-21-29-18-19-30-22-24-39(46-43(30)42(29)45-38)36-26-37-41-33(32-20-17-27-9-4-5-12-31(27)25-32)15-8-16-40(41)47-44(37)35-14-7-6-13-34(35)36/h1-26H. The summed E-state index contributed by atoms with van der Waals surface area (Å²) < 4.78 is 6.66. The van der Waals surface area contributed by atoms with Crippen LogP contribution in [0.4, 0.5) is 0 Å². The van der Waals surface area contributed by atoms with Gasteiger partial charge in [0.05, 0.1) is 22.4 Å². The maximum Gasteiger partial charge on any atom is 0.143 e. The second-order valence-corrected chi connectivity index (χ2v) is 12.2. The van der Waals surface area contributed by atoms with E-state index in [1.54, 1.807) is 0 Å². The Morgan fingerprint density at radius 1 is 0.383 bits per heavy atom. The second-order valence-electron chi connectivity index (χ2n) is 12.2. The molecule has 10 rings (SSSR count). The summed E-state index contributed by atoms with van der Waals surface area (Å²) in [5.74, 6) is 0. The third-order valence-electron chi connectivity index (χ3n) is 9.43. The van der Waals surface area contributed by atoms with Gasteiger partial charge in [-0.25, -0.2) is 9.97 Å². The molecule has 0 aliphatic rings. The molecule has 3 heteroatoms. The molecule has 0 aliphatic carbocycles. The van der Waals surface area contributed by atoms with Gasteiger partial charge < -0.3 is 4.42 Å². The number of benzene rings is 7. The Bertz CT molecular complexity index is 2850. The minimum absolute atomic E-state index is 0.878. The van der Waals surface area contributed by atoms with E-state index in [2.05, 4.69) is 140 Å². The van der Waals surface area contributed by atoms with Gasteiger partial charge in [0, 0.05) is 38.1 Å². The Balaban J connectivity index is 1.24. The van der Waals surface area contributed by atoms with Crippen LogP contribution in [-0.4, -0.2) is 9.97 Å². The predicted molar refractivity (Wildman–Crippen MR) is 196 cm³/mol. The molecule has 47 heavy (non-hydrogen) atoms. The minimum Gasteiger partial charge on any atom is -0.455 e. The molecule has 0 bridgehead atoms. The van der Waals surface area contributed by atoms with Crippen LogP contribution >= 0.6 is 0 Å². The van der Waals surface area contributed by atoms with Crippen LogP contribution in [0, 0.1) is 0 Å². The normalized spacial score (nSPS) is 11.8. The lowest BCUT2D eigenvalue weighted by atomic mass is 9.94. The fraction of sp³-hybridized carbons (Fsp3) is 0. The van der Waals surface area contributed by atoms with E-state index < -0.39 is 0 Å². The van der Waals surface area contributed by atoms with E-state index in [1.807, 2.05) is 18.2 Å². The molecule has 218 valence electrons. The van der Waals surface area contributed by atoms with Crippen molar-refractivity contribution in [3.63, 3.8) is 0 Å². The Hall–Kier alpha value is -6.32. The van der Waals surface area contributed by atoms with Crippen molar-refractivity contribution in [1.82, 2.24) is 9.97 Å². The number of hydrogen-bond acceptors (Lipinski definition) is 3. The zero-order valence-corrected chi connectivity index (χ0v) is 25.3. The molecule has 3 heterocycles. The molecule has 0 amide bonds. The highest BCUT2D eigenvalue weighted by Gasteiger charge is 2.19. The topological polar surface area (TPSA) is 38.9 Å². The zero-order chi connectivity index (χ0) is 30.9. The minimum atomic E-state index is 0.878. The van der Waals surface area contributed by atoms with Crippen LogP contribution in [0.15, 0.2) is 162 Å². The SMILES string of the molecule is c1ccc(-c2ccc3ccc4ccc(-c5cc6c(oc7cccc(-c8ccc9ccccc9c8)c76)c6ccccc56)nc4c3n2)cc1. The highest BCUT2D eigenvalue weighted by atomic mass is 16.3. The van der Waals surface area contributed by atoms with E-state index in [1.165, 1.54) is 16.3 Å². The molecule has 0 fully saturated rings. The summed E-state index contributed by atoms with van der Waals surface area (Å²) in [5, 5.41) is 8.97. The molecule has 0 atom stereocenters. The monoisotopic (exact) mass is 598 g/mol. The summed E-state index contributed by atoms with van der Waals surface area (Å²) >= 11 is 0. The van der Waals surface area contributed by atoms with Crippen molar-refractivity contribution in [3.8, 4) is 33.6 Å². The lowest BCUT2D eigenvalue weighted by Gasteiger charge is -2.11. The van der Waals surface area contributed by atoms with E-state index >= 15 is 0 Å². The second kappa shape index (κ2) is 10.1. The number of rotatable bonds is 3. The first-order valence-corrected chi connectivity index (χ1v) is 15.9. The lowest BCUT2D eigenvalue weighted by molar-refractivity contribution is 0.673. The van der Waals surface area contributed by atoms with Gasteiger partial charge in [-0.05, 0) is 57.6 Å². The van der Waals surface area contributed by atoms with Crippen molar-refractivity contribution in [3.05, 3.63) is 158 Å². The highest BCUT2D eigenvalue weighted by Crippen LogP contribution is 2.43. The average Bonchev–Trinajstić information content (AvgIpc) is 3.53. The summed E-state index contributed by atoms with van der Waals surface area (Å²) in [6.07, 6.45) is 0. The molecule has 0 N–H and O–H groups in total. The van der Waals surface area contributed by atoms with Gasteiger partial charge in [0.1, 0.15) is 11.2 Å². The number of furan rings is 1. The van der Waals surface area contributed by atoms with E-state index in [0.717, 1.165) is 82.6 Å². The fourth-order valence-corrected chi connectivity index (χ4v) is 7.15. The zero-order valence-electron chi connectivity index (χ0n) is 25.3. The number of fused-ring (bicyclic) bond motifs is 9. The summed E-state index contributed by atoms with van der Waals surface area (Å²) in [6.45, 7) is 0. The van der Waals surface area contributed by atoms with Gasteiger partial charge >= 0.3 is 0 Å². The van der Waals surface area contributed by atoms with E-state index in [4.69, 9.17) is 14.4 Å². The van der Waals surface area contributed by atoms with Gasteiger partial charge in [-0.15, -0.1) is 0 Å². The molecule has 7 aromatic carbocycles. The van der Waals surface area contributed by atoms with Crippen LogP contribution in [0.25, 0.3) is 98.9 Å². The van der Waals surface area contributed by atoms with Gasteiger partial charge in [-0.1, -0.05) is 127 Å². The smallest absolute Gasteiger partial charge is 0.143 e. The van der Waals surface area contributed by atoms with Crippen LogP contribution in [0.3, 0.4) is 0 Å². The third kappa shape index (κ3) is 4.07. The average molecular weight is 599 g/mol. The molecule has 3 aromatic heterocycles. The van der Waals surface area contributed by atoms with Crippen molar-refractivity contribution < 1.29 is 4.42 Å². The van der Waals surface area contributed by atoms with Gasteiger partial charge in [-0.3, -0.25) is 0 Å². The number of pyridine rings is 2.